The fraction of sp³-hybridized carbons (Fsp3) is 0.0714. The zero-order valence-electron chi connectivity index (χ0n) is 9.79. The van der Waals surface area contributed by atoms with E-state index < -0.39 is 5.82 Å². The zero-order valence-corrected chi connectivity index (χ0v) is 11.3. The maximum Gasteiger partial charge on any atom is 0.167 e. The second kappa shape index (κ2) is 5.59. The van der Waals surface area contributed by atoms with Crippen LogP contribution in [0.2, 0.25) is 10.0 Å². The Kier molecular flexibility index (Phi) is 4.08. The van der Waals surface area contributed by atoms with Crippen LogP contribution in [-0.4, -0.2) is 5.78 Å². The highest BCUT2D eigenvalue weighted by Crippen LogP contribution is 2.26. The van der Waals surface area contributed by atoms with Gasteiger partial charge in [-0.1, -0.05) is 35.3 Å². The highest BCUT2D eigenvalue weighted by molar-refractivity contribution is 6.42. The lowest BCUT2D eigenvalue weighted by molar-refractivity contribution is 0.0992. The van der Waals surface area contributed by atoms with Crippen LogP contribution in [-0.2, 0) is 6.42 Å². The van der Waals surface area contributed by atoms with E-state index in [2.05, 4.69) is 0 Å². The van der Waals surface area contributed by atoms with Gasteiger partial charge in [-0.05, 0) is 29.8 Å². The van der Waals surface area contributed by atoms with Gasteiger partial charge in [-0.15, -0.1) is 0 Å². The predicted molar refractivity (Wildman–Crippen MR) is 75.3 cm³/mol. The monoisotopic (exact) mass is 297 g/mol. The largest absolute Gasteiger partial charge is 0.396 e. The third-order valence-corrected chi connectivity index (χ3v) is 3.56. The maximum atomic E-state index is 13.3. The van der Waals surface area contributed by atoms with Gasteiger partial charge in [0.25, 0.3) is 0 Å². The van der Waals surface area contributed by atoms with Gasteiger partial charge >= 0.3 is 0 Å². The summed E-state index contributed by atoms with van der Waals surface area (Å²) in [6, 6.07) is 9.03. The number of nitrogens with two attached hydrogens (primary N) is 1. The molecule has 0 saturated carbocycles. The van der Waals surface area contributed by atoms with Crippen LogP contribution in [0.25, 0.3) is 0 Å². The molecule has 0 aliphatic carbocycles. The summed E-state index contributed by atoms with van der Waals surface area (Å²) < 4.78 is 13.3. The minimum atomic E-state index is -0.608. The van der Waals surface area contributed by atoms with Crippen molar-refractivity contribution in [1.29, 1.82) is 0 Å². The van der Waals surface area contributed by atoms with Gasteiger partial charge in [-0.3, -0.25) is 4.79 Å². The summed E-state index contributed by atoms with van der Waals surface area (Å²) in [5.41, 5.74) is 6.23. The molecule has 19 heavy (non-hydrogen) atoms. The minimum absolute atomic E-state index is 0.0114. The number of hydrogen-bond donors (Lipinski definition) is 1. The van der Waals surface area contributed by atoms with Crippen molar-refractivity contribution < 1.29 is 9.18 Å². The number of rotatable bonds is 3. The van der Waals surface area contributed by atoms with Crippen LogP contribution in [0.15, 0.2) is 36.4 Å². The van der Waals surface area contributed by atoms with E-state index in [9.17, 15) is 9.18 Å². The topological polar surface area (TPSA) is 43.1 Å². The average molecular weight is 298 g/mol. The molecule has 0 fully saturated rings. The van der Waals surface area contributed by atoms with E-state index in [4.69, 9.17) is 28.9 Å². The van der Waals surface area contributed by atoms with Gasteiger partial charge in [0.2, 0.25) is 0 Å². The van der Waals surface area contributed by atoms with Crippen molar-refractivity contribution in [2.24, 2.45) is 0 Å². The Bertz CT molecular complexity index is 643. The highest BCUT2D eigenvalue weighted by Gasteiger charge is 2.12. The number of benzene rings is 2. The lowest BCUT2D eigenvalue weighted by Crippen LogP contribution is -2.05. The minimum Gasteiger partial charge on any atom is -0.396 e. The van der Waals surface area contributed by atoms with Crippen LogP contribution in [0.1, 0.15) is 15.9 Å². The van der Waals surface area contributed by atoms with Crippen LogP contribution >= 0.6 is 23.2 Å². The fourth-order valence-corrected chi connectivity index (χ4v) is 2.05. The van der Waals surface area contributed by atoms with Gasteiger partial charge < -0.3 is 5.73 Å². The molecule has 0 aromatic heterocycles. The third kappa shape index (κ3) is 3.06. The van der Waals surface area contributed by atoms with Crippen molar-refractivity contribution >= 4 is 34.7 Å². The van der Waals surface area contributed by atoms with E-state index in [0.717, 1.165) is 6.07 Å². The third-order valence-electron chi connectivity index (χ3n) is 2.71. The molecule has 0 saturated heterocycles. The number of halogens is 3. The molecule has 2 N–H and O–H groups in total. The summed E-state index contributed by atoms with van der Waals surface area (Å²) in [6.07, 6.45) is 0.0583. The molecular formula is C14H10Cl2FNO. The highest BCUT2D eigenvalue weighted by atomic mass is 35.5. The molecule has 2 aromatic carbocycles. The fourth-order valence-electron chi connectivity index (χ4n) is 1.66. The first kappa shape index (κ1) is 13.8. The van der Waals surface area contributed by atoms with Gasteiger partial charge in [0.1, 0.15) is 5.82 Å². The Morgan fingerprint density at radius 1 is 1.21 bits per heavy atom. The first-order valence-electron chi connectivity index (χ1n) is 5.50. The summed E-state index contributed by atoms with van der Waals surface area (Å²) in [5.74, 6) is -0.855. The summed E-state index contributed by atoms with van der Waals surface area (Å²) >= 11 is 11.9. The number of Topliss-reactive ketones (excluding diaryl/α,β-unsaturated/α-hetero) is 1. The van der Waals surface area contributed by atoms with Crippen molar-refractivity contribution in [1.82, 2.24) is 0 Å². The normalized spacial score (nSPS) is 10.5. The molecule has 2 nitrogen and oxygen atoms in total. The molecule has 0 amide bonds. The molecule has 5 heteroatoms. The average Bonchev–Trinajstić information content (AvgIpc) is 2.38. The Hall–Kier alpha value is -1.58. The zero-order chi connectivity index (χ0) is 14.0. The Morgan fingerprint density at radius 3 is 2.63 bits per heavy atom. The van der Waals surface area contributed by atoms with Crippen LogP contribution < -0.4 is 5.73 Å². The molecule has 0 spiro atoms. The van der Waals surface area contributed by atoms with Gasteiger partial charge in [0.15, 0.2) is 5.78 Å². The van der Waals surface area contributed by atoms with E-state index in [-0.39, 0.29) is 23.5 Å². The number of nitrogen functional groups attached to an aromatic ring is 1. The molecule has 0 radical (unpaired) electrons. The molecule has 0 heterocycles. The first-order chi connectivity index (χ1) is 8.99. The van der Waals surface area contributed by atoms with Crippen LogP contribution in [0.5, 0.6) is 0 Å². The van der Waals surface area contributed by atoms with Crippen molar-refractivity contribution in [2.45, 2.75) is 6.42 Å². The van der Waals surface area contributed by atoms with Gasteiger partial charge in [-0.25, -0.2) is 4.39 Å². The van der Waals surface area contributed by atoms with Crippen LogP contribution in [0.4, 0.5) is 10.1 Å². The van der Waals surface area contributed by atoms with Crippen LogP contribution in [0.3, 0.4) is 0 Å². The number of carbonyl (C=O) groups is 1. The van der Waals surface area contributed by atoms with Gasteiger partial charge in [0, 0.05) is 12.0 Å². The summed E-state index contributed by atoms with van der Waals surface area (Å²) in [5, 5.41) is 0.726. The predicted octanol–water partition coefficient (Wildman–Crippen LogP) is 4.14. The lowest BCUT2D eigenvalue weighted by Gasteiger charge is -2.06. The second-order valence-electron chi connectivity index (χ2n) is 4.05. The van der Waals surface area contributed by atoms with Crippen molar-refractivity contribution in [3.8, 4) is 0 Å². The molecule has 0 atom stereocenters. The van der Waals surface area contributed by atoms with Crippen molar-refractivity contribution in [3.63, 3.8) is 0 Å². The van der Waals surface area contributed by atoms with E-state index in [1.807, 2.05) is 0 Å². The van der Waals surface area contributed by atoms with E-state index >= 15 is 0 Å². The molecule has 2 rings (SSSR count). The molecule has 0 aliphatic heterocycles. The number of ketones is 1. The SMILES string of the molecule is Nc1ccc(C(=O)Cc2cccc(Cl)c2Cl)cc1F. The molecule has 0 unspecified atom stereocenters. The Labute approximate surface area is 119 Å². The molecule has 0 aliphatic rings. The second-order valence-corrected chi connectivity index (χ2v) is 4.83. The smallest absolute Gasteiger partial charge is 0.167 e. The van der Waals surface area contributed by atoms with Gasteiger partial charge in [0.05, 0.1) is 15.7 Å². The Morgan fingerprint density at radius 2 is 1.95 bits per heavy atom. The standard InChI is InChI=1S/C14H10Cl2FNO/c15-10-3-1-2-9(14(10)16)7-13(19)8-4-5-12(18)11(17)6-8/h1-6H,7,18H2. The molecule has 98 valence electrons. The van der Waals surface area contributed by atoms with E-state index in [1.54, 1.807) is 18.2 Å². The van der Waals surface area contributed by atoms with E-state index in [0.29, 0.717) is 15.6 Å². The quantitative estimate of drug-likeness (QED) is 0.683. The molecular weight excluding hydrogens is 288 g/mol. The van der Waals surface area contributed by atoms with Crippen molar-refractivity contribution in [3.05, 3.63) is 63.4 Å². The number of anilines is 1. The maximum absolute atomic E-state index is 13.3. The molecule has 0 bridgehead atoms. The number of carbonyl (C=O) groups excluding carboxylic acids is 1. The van der Waals surface area contributed by atoms with Crippen molar-refractivity contribution in [2.75, 3.05) is 5.73 Å². The first-order valence-corrected chi connectivity index (χ1v) is 6.25. The van der Waals surface area contributed by atoms with Gasteiger partial charge in [-0.2, -0.15) is 0 Å². The summed E-state index contributed by atoms with van der Waals surface area (Å²) in [4.78, 5) is 12.0. The Balaban J connectivity index is 2.26. The molecule has 2 aromatic rings. The van der Waals surface area contributed by atoms with E-state index in [1.165, 1.54) is 12.1 Å². The summed E-state index contributed by atoms with van der Waals surface area (Å²) in [7, 11) is 0. The summed E-state index contributed by atoms with van der Waals surface area (Å²) in [6.45, 7) is 0. The number of hydrogen-bond acceptors (Lipinski definition) is 2. The lowest BCUT2D eigenvalue weighted by atomic mass is 10.0. The van der Waals surface area contributed by atoms with Crippen LogP contribution in [0, 0.1) is 5.82 Å².